The first-order chi connectivity index (χ1) is 9.98. The van der Waals surface area contributed by atoms with Gasteiger partial charge in [-0.15, -0.1) is 0 Å². The Balaban J connectivity index is 1.73. The lowest BCUT2D eigenvalue weighted by molar-refractivity contribution is -0.0762. The number of rotatable bonds is 0. The molecule has 1 nitrogen and oxygen atoms in total. The van der Waals surface area contributed by atoms with Gasteiger partial charge in [0.25, 0.3) is 0 Å². The Bertz CT molecular complexity index is 522. The van der Waals surface area contributed by atoms with Gasteiger partial charge in [-0.3, -0.25) is 0 Å². The maximum atomic E-state index is 10.8. The van der Waals surface area contributed by atoms with Gasteiger partial charge in [0.2, 0.25) is 0 Å². The average molecular weight is 398 g/mol. The second-order valence-electron chi connectivity index (χ2n) is 8.28. The summed E-state index contributed by atoms with van der Waals surface area (Å²) in [6.45, 7) is 4.88. The molecule has 2 saturated carbocycles. The van der Waals surface area contributed by atoms with Crippen molar-refractivity contribution in [2.45, 2.75) is 64.9 Å². The summed E-state index contributed by atoms with van der Waals surface area (Å²) >= 11 is 2.59. The lowest BCUT2D eigenvalue weighted by Crippen LogP contribution is -2.53. The average Bonchev–Trinajstić information content (AvgIpc) is 2.76. The molecule has 0 amide bonds. The Morgan fingerprint density at radius 3 is 2.76 bits per heavy atom. The van der Waals surface area contributed by atoms with E-state index in [0.29, 0.717) is 11.3 Å². The molecule has 1 N–H and O–H groups in total. The summed E-state index contributed by atoms with van der Waals surface area (Å²) < 4.78 is 1.60. The van der Waals surface area contributed by atoms with Gasteiger partial charge < -0.3 is 5.11 Å². The minimum absolute atomic E-state index is 0.0799. The summed E-state index contributed by atoms with van der Waals surface area (Å²) in [7, 11) is 0. The van der Waals surface area contributed by atoms with Crippen LogP contribution in [0.2, 0.25) is 0 Å². The predicted molar refractivity (Wildman–Crippen MR) is 95.2 cm³/mol. The minimum Gasteiger partial charge on any atom is -0.392 e. The molecule has 116 valence electrons. The molecule has 4 aliphatic carbocycles. The Labute approximate surface area is 142 Å². The van der Waals surface area contributed by atoms with Crippen molar-refractivity contribution in [1.29, 1.82) is 0 Å². The van der Waals surface area contributed by atoms with Crippen LogP contribution in [0.1, 0.15) is 58.8 Å². The van der Waals surface area contributed by atoms with E-state index in [4.69, 9.17) is 0 Å². The highest BCUT2D eigenvalue weighted by atomic mass is 127. The zero-order valence-corrected chi connectivity index (χ0v) is 15.4. The van der Waals surface area contributed by atoms with Gasteiger partial charge >= 0.3 is 0 Å². The van der Waals surface area contributed by atoms with Crippen molar-refractivity contribution in [2.24, 2.45) is 28.6 Å². The largest absolute Gasteiger partial charge is 0.392 e. The van der Waals surface area contributed by atoms with Crippen LogP contribution in [0, 0.1) is 28.6 Å². The topological polar surface area (TPSA) is 20.2 Å². The van der Waals surface area contributed by atoms with Crippen LogP contribution in [0.3, 0.4) is 0 Å². The number of fused-ring (bicyclic) bond motifs is 5. The predicted octanol–water partition coefficient (Wildman–Crippen LogP) is 5.24. The molecule has 0 saturated heterocycles. The molecule has 0 spiro atoms. The highest BCUT2D eigenvalue weighted by Gasteiger charge is 2.57. The van der Waals surface area contributed by atoms with E-state index >= 15 is 0 Å². The van der Waals surface area contributed by atoms with E-state index in [1.54, 1.807) is 9.15 Å². The van der Waals surface area contributed by atoms with E-state index < -0.39 is 0 Å². The van der Waals surface area contributed by atoms with Crippen molar-refractivity contribution in [2.75, 3.05) is 0 Å². The number of hydrogen-bond acceptors (Lipinski definition) is 1. The van der Waals surface area contributed by atoms with Crippen LogP contribution in [0.5, 0.6) is 0 Å². The van der Waals surface area contributed by atoms with Crippen molar-refractivity contribution < 1.29 is 5.11 Å². The molecule has 0 aromatic heterocycles. The Hall–Kier alpha value is 0.170. The van der Waals surface area contributed by atoms with Crippen molar-refractivity contribution in [3.8, 4) is 0 Å². The molecular formula is C19H27IO. The number of hydrogen-bond donors (Lipinski definition) is 1. The third-order valence-electron chi connectivity index (χ3n) is 7.64. The van der Waals surface area contributed by atoms with E-state index in [-0.39, 0.29) is 11.5 Å². The van der Waals surface area contributed by atoms with Gasteiger partial charge in [0.1, 0.15) is 0 Å². The molecule has 4 aliphatic rings. The van der Waals surface area contributed by atoms with E-state index in [2.05, 4.69) is 48.6 Å². The monoisotopic (exact) mass is 398 g/mol. The van der Waals surface area contributed by atoms with Gasteiger partial charge in [-0.25, -0.2) is 0 Å². The Morgan fingerprint density at radius 1 is 1.14 bits per heavy atom. The van der Waals surface area contributed by atoms with Crippen LogP contribution in [0.25, 0.3) is 0 Å². The normalized spacial score (nSPS) is 52.4. The Kier molecular flexibility index (Phi) is 3.39. The third kappa shape index (κ3) is 1.84. The molecule has 0 aliphatic heterocycles. The summed E-state index contributed by atoms with van der Waals surface area (Å²) in [5, 5.41) is 10.8. The van der Waals surface area contributed by atoms with Gasteiger partial charge in [-0.05, 0) is 88.9 Å². The molecule has 0 bridgehead atoms. The molecule has 0 heterocycles. The van der Waals surface area contributed by atoms with E-state index in [1.165, 1.54) is 38.5 Å². The van der Waals surface area contributed by atoms with Crippen LogP contribution in [0.15, 0.2) is 21.3 Å². The SMILES string of the molecule is C[C@]12CC[C@H]3[C@@H](CC=C4CCCC(O)[C@@]43C)[C@@H]1CC=C2I. The highest BCUT2D eigenvalue weighted by molar-refractivity contribution is 14.1. The fourth-order valence-electron chi connectivity index (χ4n) is 6.23. The number of aliphatic hydroxyl groups is 1. The van der Waals surface area contributed by atoms with E-state index in [1.807, 2.05) is 0 Å². The van der Waals surface area contributed by atoms with Crippen LogP contribution >= 0.6 is 22.6 Å². The van der Waals surface area contributed by atoms with Crippen molar-refractivity contribution in [3.05, 3.63) is 21.3 Å². The maximum absolute atomic E-state index is 10.8. The first-order valence-electron chi connectivity index (χ1n) is 8.71. The second kappa shape index (κ2) is 4.83. The molecule has 0 aromatic rings. The van der Waals surface area contributed by atoms with Crippen LogP contribution in [-0.2, 0) is 0 Å². The number of allylic oxidation sites excluding steroid dienone is 3. The fraction of sp³-hybridized carbons (Fsp3) is 0.789. The second-order valence-corrected chi connectivity index (χ2v) is 9.44. The van der Waals surface area contributed by atoms with Gasteiger partial charge in [0.15, 0.2) is 0 Å². The quantitative estimate of drug-likeness (QED) is 0.437. The zero-order chi connectivity index (χ0) is 14.8. The lowest BCUT2D eigenvalue weighted by atomic mass is 9.47. The molecule has 2 heteroatoms. The third-order valence-corrected chi connectivity index (χ3v) is 9.31. The fourth-order valence-corrected chi connectivity index (χ4v) is 7.15. The molecule has 0 radical (unpaired) electrons. The molecular weight excluding hydrogens is 371 g/mol. The summed E-state index contributed by atoms with van der Waals surface area (Å²) in [6.07, 6.45) is 13.5. The molecule has 6 atom stereocenters. The molecule has 0 aromatic carbocycles. The van der Waals surface area contributed by atoms with Crippen molar-refractivity contribution in [3.63, 3.8) is 0 Å². The molecule has 1 unspecified atom stereocenters. The van der Waals surface area contributed by atoms with Crippen LogP contribution in [0.4, 0.5) is 0 Å². The number of aliphatic hydroxyl groups excluding tert-OH is 1. The first-order valence-corrected chi connectivity index (χ1v) is 9.79. The standard InChI is InChI=1S/C19H27IO/c1-18-11-10-15-13(14(18)8-9-16(18)20)7-6-12-4-3-5-17(21)19(12,15)2/h6,9,13-15,17,21H,3-5,7-8,10-11H2,1-2H3/t13-,14-,15-,17?,18-,19-/m0/s1. The van der Waals surface area contributed by atoms with Crippen molar-refractivity contribution >= 4 is 22.6 Å². The summed E-state index contributed by atoms with van der Waals surface area (Å²) in [4.78, 5) is 0. The smallest absolute Gasteiger partial charge is 0.0633 e. The number of halogens is 1. The van der Waals surface area contributed by atoms with Gasteiger partial charge in [-0.1, -0.05) is 31.6 Å². The van der Waals surface area contributed by atoms with Gasteiger partial charge in [-0.2, -0.15) is 0 Å². The maximum Gasteiger partial charge on any atom is 0.0633 e. The molecule has 4 rings (SSSR count). The van der Waals surface area contributed by atoms with E-state index in [9.17, 15) is 5.11 Å². The lowest BCUT2D eigenvalue weighted by Gasteiger charge is -2.58. The molecule has 2 fully saturated rings. The van der Waals surface area contributed by atoms with Crippen LogP contribution < -0.4 is 0 Å². The van der Waals surface area contributed by atoms with Crippen molar-refractivity contribution in [1.82, 2.24) is 0 Å². The van der Waals surface area contributed by atoms with Gasteiger partial charge in [0, 0.05) is 10.8 Å². The first kappa shape index (κ1) is 14.7. The van der Waals surface area contributed by atoms with Gasteiger partial charge in [0.05, 0.1) is 6.10 Å². The summed E-state index contributed by atoms with van der Waals surface area (Å²) in [5.74, 6) is 2.31. The van der Waals surface area contributed by atoms with Crippen LogP contribution in [-0.4, -0.2) is 11.2 Å². The Morgan fingerprint density at radius 2 is 1.95 bits per heavy atom. The molecule has 21 heavy (non-hydrogen) atoms. The minimum atomic E-state index is -0.108. The summed E-state index contributed by atoms with van der Waals surface area (Å²) in [5.41, 5.74) is 2.10. The van der Waals surface area contributed by atoms with E-state index in [0.717, 1.165) is 18.3 Å². The summed E-state index contributed by atoms with van der Waals surface area (Å²) in [6, 6.07) is 0. The zero-order valence-electron chi connectivity index (χ0n) is 13.2. The highest BCUT2D eigenvalue weighted by Crippen LogP contribution is 2.65.